The topological polar surface area (TPSA) is 56.2 Å². The molecule has 0 bridgehead atoms. The van der Waals surface area contributed by atoms with Crippen molar-refractivity contribution in [3.05, 3.63) is 23.9 Å². The van der Waals surface area contributed by atoms with Crippen LogP contribution in [0.4, 0.5) is 0 Å². The van der Waals surface area contributed by atoms with E-state index in [9.17, 15) is 10.2 Å². The smallest absolute Gasteiger partial charge is 0.167 e. The Balaban J connectivity index is 2.38. The molecule has 0 unspecified atom stereocenters. The Bertz CT molecular complexity index is 538. The van der Waals surface area contributed by atoms with Crippen molar-refractivity contribution in [2.75, 3.05) is 27.7 Å². The summed E-state index contributed by atoms with van der Waals surface area (Å²) in [6.07, 6.45) is 2.76. The lowest BCUT2D eigenvalue weighted by Gasteiger charge is -2.23. The molecular formula is C13H19N2O2+. The van der Waals surface area contributed by atoms with Crippen LogP contribution in [0.15, 0.2) is 18.3 Å². The normalized spacial score (nSPS) is 12.2. The van der Waals surface area contributed by atoms with Gasteiger partial charge in [0.15, 0.2) is 11.5 Å². The van der Waals surface area contributed by atoms with E-state index in [4.69, 9.17) is 0 Å². The number of rotatable bonds is 3. The Kier molecular flexibility index (Phi) is 2.75. The van der Waals surface area contributed by atoms with Crippen LogP contribution in [0.2, 0.25) is 0 Å². The summed E-state index contributed by atoms with van der Waals surface area (Å²) in [5.41, 5.74) is 1.90. The summed E-state index contributed by atoms with van der Waals surface area (Å²) in [4.78, 5) is 3.11. The molecular weight excluding hydrogens is 216 g/mol. The summed E-state index contributed by atoms with van der Waals surface area (Å²) in [5, 5.41) is 20.1. The highest BCUT2D eigenvalue weighted by Gasteiger charge is 2.14. The van der Waals surface area contributed by atoms with Gasteiger partial charge in [0.2, 0.25) is 0 Å². The fraction of sp³-hybridized carbons (Fsp3) is 0.385. The van der Waals surface area contributed by atoms with Gasteiger partial charge in [0.25, 0.3) is 0 Å². The average Bonchev–Trinajstić information content (AvgIpc) is 2.63. The van der Waals surface area contributed by atoms with Crippen molar-refractivity contribution in [2.24, 2.45) is 0 Å². The van der Waals surface area contributed by atoms with E-state index in [1.807, 2.05) is 6.20 Å². The van der Waals surface area contributed by atoms with Gasteiger partial charge in [0.05, 0.1) is 27.7 Å². The number of quaternary nitrogens is 1. The number of H-pyrrole nitrogens is 1. The molecule has 3 N–H and O–H groups in total. The third-order valence-electron chi connectivity index (χ3n) is 2.93. The first-order valence-corrected chi connectivity index (χ1v) is 5.70. The monoisotopic (exact) mass is 235 g/mol. The van der Waals surface area contributed by atoms with Gasteiger partial charge in [0, 0.05) is 23.5 Å². The van der Waals surface area contributed by atoms with Crippen LogP contribution in [0.3, 0.4) is 0 Å². The summed E-state index contributed by atoms with van der Waals surface area (Å²) in [6.45, 7) is 0.974. The SMILES string of the molecule is C[N+](C)(C)CCc1c[nH]c2ccc(O)c(O)c12. The van der Waals surface area contributed by atoms with Crippen molar-refractivity contribution in [3.8, 4) is 11.5 Å². The molecule has 4 nitrogen and oxygen atoms in total. The van der Waals surface area contributed by atoms with E-state index in [1.165, 1.54) is 6.07 Å². The second-order valence-electron chi connectivity index (χ2n) is 5.43. The molecule has 92 valence electrons. The van der Waals surface area contributed by atoms with Crippen LogP contribution in [0.25, 0.3) is 10.9 Å². The van der Waals surface area contributed by atoms with E-state index < -0.39 is 0 Å². The van der Waals surface area contributed by atoms with Gasteiger partial charge < -0.3 is 19.7 Å². The first kappa shape index (κ1) is 11.8. The summed E-state index contributed by atoms with van der Waals surface area (Å²) >= 11 is 0. The molecule has 0 radical (unpaired) electrons. The number of likely N-dealkylation sites (N-methyl/N-ethyl adjacent to an activating group) is 1. The number of aromatic hydroxyl groups is 2. The number of nitrogens with zero attached hydrogens (tertiary/aromatic N) is 1. The van der Waals surface area contributed by atoms with Gasteiger partial charge in [-0.2, -0.15) is 0 Å². The predicted octanol–water partition coefficient (Wildman–Crippen LogP) is 1.83. The summed E-state index contributed by atoms with van der Waals surface area (Å²) in [6, 6.07) is 3.28. The van der Waals surface area contributed by atoms with Crippen LogP contribution in [-0.4, -0.2) is 47.4 Å². The van der Waals surface area contributed by atoms with Gasteiger partial charge in [-0.1, -0.05) is 0 Å². The molecule has 0 amide bonds. The zero-order chi connectivity index (χ0) is 12.6. The number of nitrogens with one attached hydrogen (secondary N) is 1. The second-order valence-corrected chi connectivity index (χ2v) is 5.43. The minimum Gasteiger partial charge on any atom is -0.504 e. The second kappa shape index (κ2) is 3.96. The van der Waals surface area contributed by atoms with Crippen molar-refractivity contribution >= 4 is 10.9 Å². The highest BCUT2D eigenvalue weighted by molar-refractivity contribution is 5.91. The van der Waals surface area contributed by atoms with Gasteiger partial charge in [-0.15, -0.1) is 0 Å². The van der Waals surface area contributed by atoms with E-state index >= 15 is 0 Å². The number of hydrogen-bond donors (Lipinski definition) is 3. The Hall–Kier alpha value is -1.68. The van der Waals surface area contributed by atoms with Crippen molar-refractivity contribution in [2.45, 2.75) is 6.42 Å². The van der Waals surface area contributed by atoms with E-state index in [0.717, 1.165) is 33.9 Å². The Morgan fingerprint density at radius 1 is 1.18 bits per heavy atom. The molecule has 4 heteroatoms. The molecule has 1 aromatic carbocycles. The molecule has 1 heterocycles. The minimum atomic E-state index is -0.0661. The first-order chi connectivity index (χ1) is 7.88. The third kappa shape index (κ3) is 2.36. The highest BCUT2D eigenvalue weighted by atomic mass is 16.3. The van der Waals surface area contributed by atoms with Crippen LogP contribution in [-0.2, 0) is 6.42 Å². The molecule has 0 atom stereocenters. The average molecular weight is 235 g/mol. The highest BCUT2D eigenvalue weighted by Crippen LogP contribution is 2.35. The molecule has 0 spiro atoms. The maximum Gasteiger partial charge on any atom is 0.167 e. The number of aromatic nitrogens is 1. The lowest BCUT2D eigenvalue weighted by molar-refractivity contribution is -0.870. The maximum absolute atomic E-state index is 9.88. The lowest BCUT2D eigenvalue weighted by atomic mass is 10.1. The summed E-state index contributed by atoms with van der Waals surface area (Å²) < 4.78 is 0.867. The number of phenols is 2. The van der Waals surface area contributed by atoms with E-state index in [0.29, 0.717) is 0 Å². The van der Waals surface area contributed by atoms with E-state index in [2.05, 4.69) is 26.1 Å². The van der Waals surface area contributed by atoms with Gasteiger partial charge in [-0.3, -0.25) is 0 Å². The van der Waals surface area contributed by atoms with Crippen LogP contribution < -0.4 is 0 Å². The molecule has 0 saturated heterocycles. The molecule has 17 heavy (non-hydrogen) atoms. The van der Waals surface area contributed by atoms with Gasteiger partial charge >= 0.3 is 0 Å². The van der Waals surface area contributed by atoms with Crippen LogP contribution in [0.1, 0.15) is 5.56 Å². The molecule has 2 aromatic rings. The summed E-state index contributed by atoms with van der Waals surface area (Å²) in [7, 11) is 6.39. The zero-order valence-electron chi connectivity index (χ0n) is 10.5. The molecule has 0 aliphatic heterocycles. The van der Waals surface area contributed by atoms with Gasteiger partial charge in [-0.25, -0.2) is 0 Å². The van der Waals surface area contributed by atoms with Crippen LogP contribution in [0, 0.1) is 0 Å². The number of benzene rings is 1. The fourth-order valence-electron chi connectivity index (χ4n) is 1.92. The number of hydrogen-bond acceptors (Lipinski definition) is 2. The molecule has 0 aliphatic carbocycles. The molecule has 2 rings (SSSR count). The third-order valence-corrected chi connectivity index (χ3v) is 2.93. The first-order valence-electron chi connectivity index (χ1n) is 5.70. The molecule has 1 aromatic heterocycles. The molecule has 0 aliphatic rings. The fourth-order valence-corrected chi connectivity index (χ4v) is 1.92. The largest absolute Gasteiger partial charge is 0.504 e. The van der Waals surface area contributed by atoms with E-state index in [-0.39, 0.29) is 11.5 Å². The Labute approximate surface area is 101 Å². The van der Waals surface area contributed by atoms with Crippen LogP contribution >= 0.6 is 0 Å². The van der Waals surface area contributed by atoms with E-state index in [1.54, 1.807) is 6.07 Å². The number of phenolic OH excluding ortho intramolecular Hbond substituents is 2. The summed E-state index contributed by atoms with van der Waals surface area (Å²) in [5.74, 6) is -0.0937. The van der Waals surface area contributed by atoms with Gasteiger partial charge in [-0.05, 0) is 17.7 Å². The number of aromatic amines is 1. The molecule has 0 saturated carbocycles. The van der Waals surface area contributed by atoms with Gasteiger partial charge in [0.1, 0.15) is 0 Å². The maximum atomic E-state index is 9.88. The van der Waals surface area contributed by atoms with Crippen molar-refractivity contribution < 1.29 is 14.7 Å². The predicted molar refractivity (Wildman–Crippen MR) is 68.2 cm³/mol. The van der Waals surface area contributed by atoms with Crippen molar-refractivity contribution in [1.29, 1.82) is 0 Å². The van der Waals surface area contributed by atoms with Crippen molar-refractivity contribution in [3.63, 3.8) is 0 Å². The lowest BCUT2D eigenvalue weighted by Crippen LogP contribution is -2.36. The standard InChI is InChI=1S/C13H18N2O2/c1-15(2,3)7-6-9-8-14-10-4-5-11(16)13(17)12(9)10/h4-5,8,14H,6-7H2,1-3H3,(H-,16,17)/p+1. The Morgan fingerprint density at radius 2 is 1.88 bits per heavy atom. The molecule has 0 fully saturated rings. The zero-order valence-corrected chi connectivity index (χ0v) is 10.5. The Morgan fingerprint density at radius 3 is 2.53 bits per heavy atom. The number of fused-ring (bicyclic) bond motifs is 1. The quantitative estimate of drug-likeness (QED) is 0.561. The van der Waals surface area contributed by atoms with Crippen LogP contribution in [0.5, 0.6) is 11.5 Å². The van der Waals surface area contributed by atoms with Crippen molar-refractivity contribution in [1.82, 2.24) is 4.98 Å². The minimum absolute atomic E-state index is 0.0276.